The molecule has 0 saturated carbocycles. The summed E-state index contributed by atoms with van der Waals surface area (Å²) in [7, 11) is 0. The SMILES string of the molecule is Cl.Cl.O=C1CN(CC2CCCCN2)CCN1. The Morgan fingerprint density at radius 2 is 2.06 bits per heavy atom. The molecule has 96 valence electrons. The molecule has 1 atom stereocenters. The summed E-state index contributed by atoms with van der Waals surface area (Å²) in [5.74, 6) is 0.173. The molecular weight excluding hydrogens is 249 g/mol. The van der Waals surface area contributed by atoms with Gasteiger partial charge in [0.1, 0.15) is 0 Å². The lowest BCUT2D eigenvalue weighted by molar-refractivity contribution is -0.124. The molecule has 16 heavy (non-hydrogen) atoms. The second-order valence-corrected chi connectivity index (χ2v) is 4.23. The Labute approximate surface area is 109 Å². The monoisotopic (exact) mass is 269 g/mol. The van der Waals surface area contributed by atoms with Crippen LogP contribution in [0.15, 0.2) is 0 Å². The van der Waals surface area contributed by atoms with Crippen LogP contribution < -0.4 is 10.6 Å². The van der Waals surface area contributed by atoms with Crippen molar-refractivity contribution < 1.29 is 4.79 Å². The van der Waals surface area contributed by atoms with Crippen molar-refractivity contribution in [1.82, 2.24) is 15.5 Å². The number of hydrogen-bond acceptors (Lipinski definition) is 3. The van der Waals surface area contributed by atoms with Gasteiger partial charge in [0.2, 0.25) is 5.91 Å². The van der Waals surface area contributed by atoms with E-state index in [1.807, 2.05) is 0 Å². The Bertz CT molecular complexity index is 210. The third-order valence-electron chi connectivity index (χ3n) is 3.01. The molecule has 2 N–H and O–H groups in total. The van der Waals surface area contributed by atoms with Crippen LogP contribution in [0.4, 0.5) is 0 Å². The van der Waals surface area contributed by atoms with E-state index < -0.39 is 0 Å². The summed E-state index contributed by atoms with van der Waals surface area (Å²) in [4.78, 5) is 13.4. The van der Waals surface area contributed by atoms with Crippen molar-refractivity contribution in [2.45, 2.75) is 25.3 Å². The zero-order valence-corrected chi connectivity index (χ0v) is 11.0. The first-order valence-corrected chi connectivity index (χ1v) is 5.57. The molecule has 2 rings (SSSR count). The smallest absolute Gasteiger partial charge is 0.234 e. The first-order chi connectivity index (χ1) is 6.84. The van der Waals surface area contributed by atoms with Crippen LogP contribution in [0.2, 0.25) is 0 Å². The summed E-state index contributed by atoms with van der Waals surface area (Å²) < 4.78 is 0. The second kappa shape index (κ2) is 8.12. The van der Waals surface area contributed by atoms with Gasteiger partial charge in [-0.05, 0) is 19.4 Å². The lowest BCUT2D eigenvalue weighted by Crippen LogP contribution is -2.52. The third-order valence-corrected chi connectivity index (χ3v) is 3.01. The second-order valence-electron chi connectivity index (χ2n) is 4.23. The van der Waals surface area contributed by atoms with Crippen molar-refractivity contribution in [2.24, 2.45) is 0 Å². The minimum absolute atomic E-state index is 0. The molecule has 0 spiro atoms. The molecule has 2 aliphatic heterocycles. The highest BCUT2D eigenvalue weighted by Crippen LogP contribution is 2.08. The Balaban J connectivity index is 0.00000112. The summed E-state index contributed by atoms with van der Waals surface area (Å²) in [6.07, 6.45) is 3.90. The maximum Gasteiger partial charge on any atom is 0.234 e. The van der Waals surface area contributed by atoms with Gasteiger partial charge in [-0.15, -0.1) is 24.8 Å². The molecule has 2 fully saturated rings. The minimum Gasteiger partial charge on any atom is -0.354 e. The lowest BCUT2D eigenvalue weighted by Gasteiger charge is -2.32. The molecule has 2 heterocycles. The van der Waals surface area contributed by atoms with E-state index >= 15 is 0 Å². The van der Waals surface area contributed by atoms with Crippen molar-refractivity contribution >= 4 is 30.7 Å². The highest BCUT2D eigenvalue weighted by molar-refractivity contribution is 5.85. The van der Waals surface area contributed by atoms with E-state index in [0.29, 0.717) is 12.6 Å². The highest BCUT2D eigenvalue weighted by Gasteiger charge is 2.20. The molecule has 1 amide bonds. The molecule has 0 aromatic rings. The zero-order valence-electron chi connectivity index (χ0n) is 9.41. The summed E-state index contributed by atoms with van der Waals surface area (Å²) in [6.45, 7) is 4.58. The van der Waals surface area contributed by atoms with E-state index in [4.69, 9.17) is 0 Å². The maximum atomic E-state index is 11.1. The molecule has 2 saturated heterocycles. The third kappa shape index (κ3) is 4.87. The van der Waals surface area contributed by atoms with E-state index in [2.05, 4.69) is 15.5 Å². The Kier molecular flexibility index (Phi) is 8.10. The largest absolute Gasteiger partial charge is 0.354 e. The summed E-state index contributed by atoms with van der Waals surface area (Å²) in [5.41, 5.74) is 0. The molecule has 6 heteroatoms. The number of hydrogen-bond donors (Lipinski definition) is 2. The first kappa shape index (κ1) is 16.0. The molecule has 1 unspecified atom stereocenters. The van der Waals surface area contributed by atoms with Crippen LogP contribution in [-0.2, 0) is 4.79 Å². The number of amides is 1. The average molecular weight is 270 g/mol. The van der Waals surface area contributed by atoms with Crippen LogP contribution in [0, 0.1) is 0 Å². The molecule has 0 bridgehead atoms. The van der Waals surface area contributed by atoms with Crippen LogP contribution in [0.3, 0.4) is 0 Å². The standard InChI is InChI=1S/C10H19N3O.2ClH/c14-10-8-13(6-5-12-10)7-9-3-1-2-4-11-9;;/h9,11H,1-8H2,(H,12,14);2*1H. The average Bonchev–Trinajstić information content (AvgIpc) is 2.19. The van der Waals surface area contributed by atoms with Gasteiger partial charge in [0, 0.05) is 25.7 Å². The normalized spacial score (nSPS) is 26.2. The number of halogens is 2. The van der Waals surface area contributed by atoms with Crippen LogP contribution in [0.5, 0.6) is 0 Å². The van der Waals surface area contributed by atoms with Crippen LogP contribution in [0.1, 0.15) is 19.3 Å². The van der Waals surface area contributed by atoms with E-state index in [-0.39, 0.29) is 30.7 Å². The van der Waals surface area contributed by atoms with Gasteiger partial charge >= 0.3 is 0 Å². The molecule has 0 aromatic carbocycles. The first-order valence-electron chi connectivity index (χ1n) is 5.57. The quantitative estimate of drug-likeness (QED) is 0.763. The van der Waals surface area contributed by atoms with Gasteiger partial charge in [-0.25, -0.2) is 0 Å². The highest BCUT2D eigenvalue weighted by atomic mass is 35.5. The summed E-state index contributed by atoms with van der Waals surface area (Å²) >= 11 is 0. The van der Waals surface area contributed by atoms with Crippen LogP contribution >= 0.6 is 24.8 Å². The maximum absolute atomic E-state index is 11.1. The van der Waals surface area contributed by atoms with Crippen molar-refractivity contribution in [3.63, 3.8) is 0 Å². The van der Waals surface area contributed by atoms with Crippen molar-refractivity contribution in [3.05, 3.63) is 0 Å². The predicted octanol–water partition coefficient (Wildman–Crippen LogP) is 0.404. The van der Waals surface area contributed by atoms with Gasteiger partial charge in [-0.2, -0.15) is 0 Å². The van der Waals surface area contributed by atoms with Gasteiger partial charge in [0.25, 0.3) is 0 Å². The Morgan fingerprint density at radius 1 is 1.25 bits per heavy atom. The summed E-state index contributed by atoms with van der Waals surface area (Å²) in [6, 6.07) is 0.606. The molecule has 4 nitrogen and oxygen atoms in total. The molecule has 0 radical (unpaired) electrons. The van der Waals surface area contributed by atoms with Crippen molar-refractivity contribution in [1.29, 1.82) is 0 Å². The van der Waals surface area contributed by atoms with E-state index in [1.54, 1.807) is 0 Å². The predicted molar refractivity (Wildman–Crippen MR) is 69.6 cm³/mol. The van der Waals surface area contributed by atoms with E-state index in [1.165, 1.54) is 19.3 Å². The van der Waals surface area contributed by atoms with Crippen molar-refractivity contribution in [3.8, 4) is 0 Å². The fraction of sp³-hybridized carbons (Fsp3) is 0.900. The molecule has 0 aliphatic carbocycles. The van der Waals surface area contributed by atoms with Gasteiger partial charge in [0.15, 0.2) is 0 Å². The van der Waals surface area contributed by atoms with Gasteiger partial charge in [0.05, 0.1) is 6.54 Å². The van der Waals surface area contributed by atoms with Gasteiger partial charge in [-0.3, -0.25) is 9.69 Å². The number of carbonyl (C=O) groups is 1. The Hall–Kier alpha value is -0.0300. The number of piperazine rings is 1. The van der Waals surface area contributed by atoms with Gasteiger partial charge in [-0.1, -0.05) is 6.42 Å². The van der Waals surface area contributed by atoms with Crippen LogP contribution in [0.25, 0.3) is 0 Å². The molecule has 2 aliphatic rings. The number of piperidine rings is 1. The number of nitrogens with one attached hydrogen (secondary N) is 2. The van der Waals surface area contributed by atoms with Gasteiger partial charge < -0.3 is 10.6 Å². The fourth-order valence-corrected chi connectivity index (χ4v) is 2.24. The fourth-order valence-electron chi connectivity index (χ4n) is 2.24. The number of rotatable bonds is 2. The van der Waals surface area contributed by atoms with E-state index in [0.717, 1.165) is 26.2 Å². The van der Waals surface area contributed by atoms with Crippen molar-refractivity contribution in [2.75, 3.05) is 32.7 Å². The van der Waals surface area contributed by atoms with E-state index in [9.17, 15) is 4.79 Å². The summed E-state index contributed by atoms with van der Waals surface area (Å²) in [5, 5.41) is 6.36. The number of carbonyl (C=O) groups excluding carboxylic acids is 1. The zero-order chi connectivity index (χ0) is 9.80. The molecular formula is C10H21Cl2N3O. The Morgan fingerprint density at radius 3 is 2.69 bits per heavy atom. The topological polar surface area (TPSA) is 44.4 Å². The number of nitrogens with zero attached hydrogens (tertiary/aromatic N) is 1. The lowest BCUT2D eigenvalue weighted by atomic mass is 10.0. The van der Waals surface area contributed by atoms with Crippen LogP contribution in [-0.4, -0.2) is 49.6 Å². The molecule has 0 aromatic heterocycles. The minimum atomic E-state index is 0.